The number of sulfonamides is 1. The van der Waals surface area contributed by atoms with E-state index in [0.29, 0.717) is 35.8 Å². The molecule has 0 aromatic heterocycles. The number of methoxy groups -OCH3 is 1. The number of para-hydroxylation sites is 2. The van der Waals surface area contributed by atoms with Gasteiger partial charge in [0, 0.05) is 24.2 Å². The molecule has 1 aliphatic heterocycles. The molecule has 0 saturated carbocycles. The molecule has 2 N–H and O–H groups in total. The molecule has 172 valence electrons. The molecule has 1 heterocycles. The van der Waals surface area contributed by atoms with Gasteiger partial charge in [0.15, 0.2) is 0 Å². The first kappa shape index (κ1) is 24.0. The molecule has 2 aromatic carbocycles. The molecule has 32 heavy (non-hydrogen) atoms. The van der Waals surface area contributed by atoms with Crippen molar-refractivity contribution in [1.29, 1.82) is 0 Å². The molecule has 0 bridgehead atoms. The third kappa shape index (κ3) is 5.79. The molecular weight excluding hydrogens is 454 g/mol. The highest BCUT2D eigenvalue weighted by Crippen LogP contribution is 2.27. The maximum atomic E-state index is 13.1. The Morgan fingerprint density at radius 1 is 1.09 bits per heavy atom. The Bertz CT molecular complexity index is 1060. The van der Waals surface area contributed by atoms with Crippen molar-refractivity contribution in [2.45, 2.75) is 36.6 Å². The van der Waals surface area contributed by atoms with Gasteiger partial charge in [-0.1, -0.05) is 30.2 Å². The summed E-state index contributed by atoms with van der Waals surface area (Å²) in [4.78, 5) is 24.6. The van der Waals surface area contributed by atoms with E-state index in [-0.39, 0.29) is 17.5 Å². The average Bonchev–Trinajstić information content (AvgIpc) is 2.80. The summed E-state index contributed by atoms with van der Waals surface area (Å²) in [5.41, 5.74) is 0.391. The number of piperidine rings is 1. The molecule has 0 aliphatic carbocycles. The van der Waals surface area contributed by atoms with Crippen LogP contribution in [0.1, 0.15) is 25.7 Å². The topological polar surface area (TPSA) is 105 Å². The second kappa shape index (κ2) is 10.8. The molecule has 1 saturated heterocycles. The number of amides is 2. The molecule has 1 atom stereocenters. The standard InChI is InChI=1S/C22H26ClN3O5S/c1-31-20-8-3-2-7-19(20)25-22(28)21(27)24-14-13-17-6-4-5-15-26(17)32(29,30)18-11-9-16(23)10-12-18/h2-3,7-12,17H,4-6,13-15H2,1H3,(H,24,27)(H,25,28)/t17-/m1/s1. The minimum Gasteiger partial charge on any atom is -0.495 e. The normalized spacial score (nSPS) is 16.9. The van der Waals surface area contributed by atoms with Gasteiger partial charge in [0.05, 0.1) is 17.7 Å². The van der Waals surface area contributed by atoms with Gasteiger partial charge in [0.1, 0.15) is 5.75 Å². The van der Waals surface area contributed by atoms with Crippen LogP contribution in [0.5, 0.6) is 5.75 Å². The fourth-order valence-electron chi connectivity index (χ4n) is 3.68. The summed E-state index contributed by atoms with van der Waals surface area (Å²) in [6.07, 6.45) is 2.77. The predicted molar refractivity (Wildman–Crippen MR) is 122 cm³/mol. The number of carbonyl (C=O) groups excluding carboxylic acids is 2. The van der Waals surface area contributed by atoms with E-state index in [1.165, 1.54) is 23.5 Å². The Labute approximate surface area is 192 Å². The maximum Gasteiger partial charge on any atom is 0.313 e. The maximum absolute atomic E-state index is 13.1. The summed E-state index contributed by atoms with van der Waals surface area (Å²) in [7, 11) is -2.20. The van der Waals surface area contributed by atoms with Gasteiger partial charge in [-0.25, -0.2) is 8.42 Å². The highest BCUT2D eigenvalue weighted by atomic mass is 35.5. The highest BCUT2D eigenvalue weighted by Gasteiger charge is 2.33. The Morgan fingerprint density at radius 3 is 2.53 bits per heavy atom. The van der Waals surface area contributed by atoms with Crippen LogP contribution in [0.25, 0.3) is 0 Å². The van der Waals surface area contributed by atoms with E-state index in [1.807, 2.05) is 0 Å². The van der Waals surface area contributed by atoms with Crippen LogP contribution in [0, 0.1) is 0 Å². The number of nitrogens with one attached hydrogen (secondary N) is 2. The van der Waals surface area contributed by atoms with Crippen molar-refractivity contribution in [1.82, 2.24) is 9.62 Å². The monoisotopic (exact) mass is 479 g/mol. The summed E-state index contributed by atoms with van der Waals surface area (Å²) >= 11 is 5.88. The lowest BCUT2D eigenvalue weighted by molar-refractivity contribution is -0.136. The quantitative estimate of drug-likeness (QED) is 0.594. The molecule has 3 rings (SSSR count). The highest BCUT2D eigenvalue weighted by molar-refractivity contribution is 7.89. The van der Waals surface area contributed by atoms with Crippen LogP contribution in [0.15, 0.2) is 53.4 Å². The molecule has 8 nitrogen and oxygen atoms in total. The second-order valence-electron chi connectivity index (χ2n) is 7.42. The fourth-order valence-corrected chi connectivity index (χ4v) is 5.53. The first-order valence-electron chi connectivity index (χ1n) is 10.3. The Morgan fingerprint density at radius 2 is 1.81 bits per heavy atom. The number of ether oxygens (including phenoxy) is 1. The van der Waals surface area contributed by atoms with Gasteiger partial charge < -0.3 is 15.4 Å². The van der Waals surface area contributed by atoms with E-state index >= 15 is 0 Å². The van der Waals surface area contributed by atoms with E-state index < -0.39 is 21.8 Å². The van der Waals surface area contributed by atoms with Crippen molar-refractivity contribution in [2.24, 2.45) is 0 Å². The number of anilines is 1. The summed E-state index contributed by atoms with van der Waals surface area (Å²) in [5.74, 6) is -1.17. The van der Waals surface area contributed by atoms with Crippen LogP contribution < -0.4 is 15.4 Å². The molecule has 10 heteroatoms. The first-order chi connectivity index (χ1) is 15.3. The molecule has 1 fully saturated rings. The van der Waals surface area contributed by atoms with Crippen LogP contribution in [0.4, 0.5) is 5.69 Å². The number of rotatable bonds is 7. The van der Waals surface area contributed by atoms with Crippen LogP contribution in [-0.4, -0.2) is 50.8 Å². The van der Waals surface area contributed by atoms with E-state index in [4.69, 9.17) is 16.3 Å². The number of halogens is 1. The van der Waals surface area contributed by atoms with Crippen LogP contribution in [0.2, 0.25) is 5.02 Å². The van der Waals surface area contributed by atoms with Gasteiger partial charge in [-0.15, -0.1) is 0 Å². The van der Waals surface area contributed by atoms with E-state index in [2.05, 4.69) is 10.6 Å². The minimum absolute atomic E-state index is 0.176. The Balaban J connectivity index is 1.58. The average molecular weight is 480 g/mol. The van der Waals surface area contributed by atoms with Crippen molar-refractivity contribution in [3.8, 4) is 5.75 Å². The number of carbonyl (C=O) groups is 2. The zero-order valence-electron chi connectivity index (χ0n) is 17.7. The van der Waals surface area contributed by atoms with Gasteiger partial charge >= 0.3 is 11.8 Å². The lowest BCUT2D eigenvalue weighted by atomic mass is 10.0. The third-order valence-electron chi connectivity index (χ3n) is 5.32. The van der Waals surface area contributed by atoms with Crippen LogP contribution >= 0.6 is 11.6 Å². The summed E-state index contributed by atoms with van der Waals surface area (Å²) in [6, 6.07) is 12.6. The number of hydrogen-bond acceptors (Lipinski definition) is 5. The Kier molecular flexibility index (Phi) is 8.11. The number of hydrogen-bond donors (Lipinski definition) is 2. The van der Waals surface area contributed by atoms with E-state index in [9.17, 15) is 18.0 Å². The lowest BCUT2D eigenvalue weighted by Crippen LogP contribution is -2.45. The SMILES string of the molecule is COc1ccccc1NC(=O)C(=O)NCC[C@H]1CCCCN1S(=O)(=O)c1ccc(Cl)cc1. The smallest absolute Gasteiger partial charge is 0.313 e. The number of nitrogens with zero attached hydrogens (tertiary/aromatic N) is 1. The second-order valence-corrected chi connectivity index (χ2v) is 9.75. The van der Waals surface area contributed by atoms with Crippen molar-refractivity contribution in [3.63, 3.8) is 0 Å². The van der Waals surface area contributed by atoms with Gasteiger partial charge in [-0.3, -0.25) is 9.59 Å². The van der Waals surface area contributed by atoms with Crippen molar-refractivity contribution in [3.05, 3.63) is 53.6 Å². The van der Waals surface area contributed by atoms with Gasteiger partial charge in [-0.2, -0.15) is 4.31 Å². The van der Waals surface area contributed by atoms with Gasteiger partial charge in [0.2, 0.25) is 10.0 Å². The molecular formula is C22H26ClN3O5S. The predicted octanol–water partition coefficient (Wildman–Crippen LogP) is 3.04. The zero-order valence-corrected chi connectivity index (χ0v) is 19.3. The summed E-state index contributed by atoms with van der Waals surface area (Å²) in [6.45, 7) is 0.591. The summed E-state index contributed by atoms with van der Waals surface area (Å²) in [5, 5.41) is 5.56. The third-order valence-corrected chi connectivity index (χ3v) is 7.54. The van der Waals surface area contributed by atoms with Crippen molar-refractivity contribution < 1.29 is 22.7 Å². The minimum atomic E-state index is -3.67. The van der Waals surface area contributed by atoms with E-state index in [0.717, 1.165) is 12.8 Å². The molecule has 0 spiro atoms. The Hall–Kier alpha value is -2.62. The number of benzene rings is 2. The molecule has 2 amide bonds. The zero-order chi connectivity index (χ0) is 23.1. The van der Waals surface area contributed by atoms with E-state index in [1.54, 1.807) is 36.4 Å². The molecule has 2 aromatic rings. The van der Waals surface area contributed by atoms with Gasteiger partial charge in [0.25, 0.3) is 0 Å². The van der Waals surface area contributed by atoms with Crippen LogP contribution in [-0.2, 0) is 19.6 Å². The fraction of sp³-hybridized carbons (Fsp3) is 0.364. The lowest BCUT2D eigenvalue weighted by Gasteiger charge is -2.34. The van der Waals surface area contributed by atoms with Gasteiger partial charge in [-0.05, 0) is 55.7 Å². The molecule has 0 radical (unpaired) electrons. The van der Waals surface area contributed by atoms with Crippen LogP contribution in [0.3, 0.4) is 0 Å². The first-order valence-corrected chi connectivity index (χ1v) is 12.1. The summed E-state index contributed by atoms with van der Waals surface area (Å²) < 4.78 is 32.8. The van der Waals surface area contributed by atoms with Crippen molar-refractivity contribution in [2.75, 3.05) is 25.5 Å². The molecule has 1 aliphatic rings. The largest absolute Gasteiger partial charge is 0.495 e. The molecule has 0 unspecified atom stereocenters. The van der Waals surface area contributed by atoms with Crippen molar-refractivity contribution >= 4 is 39.1 Å².